The fourth-order valence-electron chi connectivity index (χ4n) is 3.46. The van der Waals surface area contributed by atoms with Crippen LogP contribution < -0.4 is 10.6 Å². The molecule has 8 nitrogen and oxygen atoms in total. The summed E-state index contributed by atoms with van der Waals surface area (Å²) in [5.41, 5.74) is 0. The van der Waals surface area contributed by atoms with Crippen molar-refractivity contribution in [3.05, 3.63) is 85.1 Å². The first-order valence-corrected chi connectivity index (χ1v) is 14.9. The molecule has 42 heavy (non-hydrogen) atoms. The molecule has 0 rings (SSSR count). The molecular weight excluding hydrogens is 532 g/mol. The van der Waals surface area contributed by atoms with E-state index in [1.165, 1.54) is 0 Å². The Labute approximate surface area is 252 Å². The van der Waals surface area contributed by atoms with E-state index in [0.29, 0.717) is 25.8 Å². The molecule has 3 N–H and O–H groups in total. The number of aliphatic carboxylic acids is 1. The summed E-state index contributed by atoms with van der Waals surface area (Å²) in [6.07, 6.45) is 35.3. The lowest BCUT2D eigenvalue weighted by Gasteiger charge is -2.14. The van der Waals surface area contributed by atoms with Crippen LogP contribution in [0.1, 0.15) is 84.5 Å². The maximum absolute atomic E-state index is 12.1. The second kappa shape index (κ2) is 28.6. The summed E-state index contributed by atoms with van der Waals surface area (Å²) >= 11 is 0. The van der Waals surface area contributed by atoms with Crippen LogP contribution in [0.3, 0.4) is 0 Å². The Morgan fingerprint density at radius 3 is 1.74 bits per heavy atom. The number of carboxylic acids is 1. The first kappa shape index (κ1) is 38.1. The summed E-state index contributed by atoms with van der Waals surface area (Å²) < 4.78 is 4.69. The SMILES string of the molecule is CCC=CCC=CCC=CCC=CCC=CCC=CCCC(=O)NC(CCCCNC(=O)C=CC(=O)OCC)C(=O)O. The van der Waals surface area contributed by atoms with Crippen LogP contribution in [-0.4, -0.2) is 48.1 Å². The van der Waals surface area contributed by atoms with E-state index in [4.69, 9.17) is 0 Å². The van der Waals surface area contributed by atoms with Crippen LogP contribution in [-0.2, 0) is 23.9 Å². The summed E-state index contributed by atoms with van der Waals surface area (Å²) in [5.74, 6) is -2.41. The van der Waals surface area contributed by atoms with Crippen molar-refractivity contribution < 1.29 is 29.0 Å². The number of ether oxygens (including phenoxy) is 1. The number of esters is 1. The number of rotatable bonds is 24. The lowest BCUT2D eigenvalue weighted by atomic mass is 10.1. The predicted octanol–water partition coefficient (Wildman–Crippen LogP) is 6.44. The minimum Gasteiger partial charge on any atom is -0.480 e. The molecule has 0 bridgehead atoms. The van der Waals surface area contributed by atoms with E-state index in [-0.39, 0.29) is 25.4 Å². The summed E-state index contributed by atoms with van der Waals surface area (Å²) in [7, 11) is 0. The van der Waals surface area contributed by atoms with Crippen molar-refractivity contribution in [1.29, 1.82) is 0 Å². The molecule has 0 aliphatic rings. The second-order valence-electron chi connectivity index (χ2n) is 9.28. The molecule has 232 valence electrons. The van der Waals surface area contributed by atoms with E-state index in [9.17, 15) is 24.3 Å². The largest absolute Gasteiger partial charge is 0.480 e. The van der Waals surface area contributed by atoms with Crippen LogP contribution >= 0.6 is 0 Å². The number of carbonyl (C=O) groups excluding carboxylic acids is 3. The van der Waals surface area contributed by atoms with Crippen LogP contribution in [0.2, 0.25) is 0 Å². The van der Waals surface area contributed by atoms with Gasteiger partial charge in [0.2, 0.25) is 11.8 Å². The average molecular weight is 583 g/mol. The number of hydrogen-bond acceptors (Lipinski definition) is 5. The predicted molar refractivity (Wildman–Crippen MR) is 170 cm³/mol. The number of carboxylic acid groups (broad SMARTS) is 1. The second-order valence-corrected chi connectivity index (χ2v) is 9.28. The normalized spacial score (nSPS) is 13.0. The maximum atomic E-state index is 12.1. The molecular formula is C34H50N2O6. The van der Waals surface area contributed by atoms with Gasteiger partial charge in [-0.2, -0.15) is 0 Å². The first-order chi connectivity index (χ1) is 20.4. The third kappa shape index (κ3) is 26.3. The molecule has 0 spiro atoms. The van der Waals surface area contributed by atoms with Gasteiger partial charge in [-0.1, -0.05) is 79.8 Å². The number of unbranched alkanes of at least 4 members (excludes halogenated alkanes) is 1. The zero-order chi connectivity index (χ0) is 31.1. The van der Waals surface area contributed by atoms with Gasteiger partial charge < -0.3 is 20.5 Å². The Morgan fingerprint density at radius 1 is 0.714 bits per heavy atom. The van der Waals surface area contributed by atoms with Crippen LogP contribution in [0.5, 0.6) is 0 Å². The van der Waals surface area contributed by atoms with Crippen LogP contribution in [0.25, 0.3) is 0 Å². The molecule has 0 saturated heterocycles. The van der Waals surface area contributed by atoms with Crippen molar-refractivity contribution >= 4 is 23.8 Å². The molecule has 1 unspecified atom stereocenters. The summed E-state index contributed by atoms with van der Waals surface area (Å²) in [6, 6.07) is -0.970. The zero-order valence-electron chi connectivity index (χ0n) is 25.3. The quantitative estimate of drug-likeness (QED) is 0.0521. The van der Waals surface area contributed by atoms with Crippen molar-refractivity contribution in [2.75, 3.05) is 13.2 Å². The Balaban J connectivity index is 3.97. The third-order valence-electron chi connectivity index (χ3n) is 5.64. The molecule has 8 heteroatoms. The Kier molecular flexibility index (Phi) is 25.9. The smallest absolute Gasteiger partial charge is 0.330 e. The highest BCUT2D eigenvalue weighted by molar-refractivity contribution is 5.94. The van der Waals surface area contributed by atoms with E-state index in [1.54, 1.807) is 6.92 Å². The third-order valence-corrected chi connectivity index (χ3v) is 5.64. The number of amides is 2. The van der Waals surface area contributed by atoms with Gasteiger partial charge in [0.05, 0.1) is 6.61 Å². The van der Waals surface area contributed by atoms with E-state index >= 15 is 0 Å². The van der Waals surface area contributed by atoms with Gasteiger partial charge in [-0.25, -0.2) is 9.59 Å². The Bertz CT molecular complexity index is 973. The van der Waals surface area contributed by atoms with E-state index in [1.807, 2.05) is 12.2 Å². The first-order valence-electron chi connectivity index (χ1n) is 14.9. The number of carbonyl (C=O) groups is 4. The van der Waals surface area contributed by atoms with E-state index < -0.39 is 23.9 Å². The molecule has 0 aliphatic carbocycles. The van der Waals surface area contributed by atoms with Gasteiger partial charge in [-0.05, 0) is 71.1 Å². The molecule has 1 atom stereocenters. The summed E-state index contributed by atoms with van der Waals surface area (Å²) in [4.78, 5) is 46.5. The molecule has 0 aromatic carbocycles. The summed E-state index contributed by atoms with van der Waals surface area (Å²) in [5, 5.41) is 14.6. The van der Waals surface area contributed by atoms with Crippen molar-refractivity contribution in [3.8, 4) is 0 Å². The Morgan fingerprint density at radius 2 is 1.24 bits per heavy atom. The number of allylic oxidation sites excluding steroid dienone is 12. The van der Waals surface area contributed by atoms with Gasteiger partial charge in [-0.3, -0.25) is 9.59 Å². The maximum Gasteiger partial charge on any atom is 0.330 e. The minimum absolute atomic E-state index is 0.217. The van der Waals surface area contributed by atoms with Gasteiger partial charge in [0.1, 0.15) is 6.04 Å². The highest BCUT2D eigenvalue weighted by atomic mass is 16.5. The fraction of sp³-hybridized carbons (Fsp3) is 0.471. The van der Waals surface area contributed by atoms with Crippen molar-refractivity contribution in [2.24, 2.45) is 0 Å². The topological polar surface area (TPSA) is 122 Å². The highest BCUT2D eigenvalue weighted by Crippen LogP contribution is 2.03. The van der Waals surface area contributed by atoms with E-state index in [2.05, 4.69) is 83.1 Å². The number of nitrogens with one attached hydrogen (secondary N) is 2. The van der Waals surface area contributed by atoms with Gasteiger partial charge in [0.15, 0.2) is 0 Å². The van der Waals surface area contributed by atoms with Crippen LogP contribution in [0.15, 0.2) is 85.1 Å². The molecule has 0 aromatic rings. The van der Waals surface area contributed by atoms with E-state index in [0.717, 1.165) is 50.7 Å². The lowest BCUT2D eigenvalue weighted by Crippen LogP contribution is -2.40. The molecule has 0 aliphatic heterocycles. The zero-order valence-corrected chi connectivity index (χ0v) is 25.3. The van der Waals surface area contributed by atoms with Crippen molar-refractivity contribution in [1.82, 2.24) is 10.6 Å². The standard InChI is InChI=1S/C34H50N2O6/c1-3-5-6-7-8-9-10-11-12-13-14-15-16-17-18-19-20-21-22-26-32(38)36-30(34(40)41)25-23-24-29-35-31(37)27-28-33(39)42-4-2/h5-6,8-9,11-12,14-15,17-18,20-21,27-28,30H,3-4,7,10,13,16,19,22-26,29H2,1-2H3,(H,35,37)(H,36,38)(H,40,41). The fourth-order valence-corrected chi connectivity index (χ4v) is 3.46. The van der Waals surface area contributed by atoms with Crippen LogP contribution in [0.4, 0.5) is 0 Å². The molecule has 0 saturated carbocycles. The highest BCUT2D eigenvalue weighted by Gasteiger charge is 2.18. The van der Waals surface area contributed by atoms with Gasteiger partial charge in [0, 0.05) is 25.1 Å². The molecule has 0 aromatic heterocycles. The minimum atomic E-state index is -1.08. The molecule has 0 radical (unpaired) electrons. The van der Waals surface area contributed by atoms with Crippen molar-refractivity contribution in [2.45, 2.75) is 90.5 Å². The average Bonchev–Trinajstić information content (AvgIpc) is 2.96. The molecule has 0 fully saturated rings. The monoisotopic (exact) mass is 582 g/mol. The Hall–Kier alpha value is -3.94. The van der Waals surface area contributed by atoms with Crippen LogP contribution in [0, 0.1) is 0 Å². The van der Waals surface area contributed by atoms with Gasteiger partial charge >= 0.3 is 11.9 Å². The lowest BCUT2D eigenvalue weighted by molar-refractivity contribution is -0.142. The van der Waals surface area contributed by atoms with Gasteiger partial charge in [-0.15, -0.1) is 0 Å². The molecule has 0 heterocycles. The summed E-state index contributed by atoms with van der Waals surface area (Å²) in [6.45, 7) is 4.37. The van der Waals surface area contributed by atoms with Crippen molar-refractivity contribution in [3.63, 3.8) is 0 Å². The van der Waals surface area contributed by atoms with Gasteiger partial charge in [0.25, 0.3) is 0 Å². The molecule has 2 amide bonds. The number of hydrogen-bond donors (Lipinski definition) is 3.